The van der Waals surface area contributed by atoms with Gasteiger partial charge in [0.25, 0.3) is 0 Å². The Hall–Kier alpha value is -1.32. The molecule has 2 rings (SSSR count). The molecule has 0 aromatic carbocycles. The van der Waals surface area contributed by atoms with E-state index in [1.807, 2.05) is 0 Å². The molecular formula is C11H18N4. The molecule has 1 heterocycles. The van der Waals surface area contributed by atoms with Crippen molar-refractivity contribution in [2.45, 2.75) is 44.6 Å². The normalized spacial score (nSPS) is 19.8. The van der Waals surface area contributed by atoms with E-state index in [0.717, 1.165) is 5.82 Å². The van der Waals surface area contributed by atoms with E-state index in [1.165, 1.54) is 32.1 Å². The van der Waals surface area contributed by atoms with E-state index in [1.54, 1.807) is 12.4 Å². The minimum atomic E-state index is 0.167. The van der Waals surface area contributed by atoms with Crippen LogP contribution >= 0.6 is 0 Å². The molecular weight excluding hydrogens is 188 g/mol. The third-order valence-corrected chi connectivity index (χ3v) is 3.04. The van der Waals surface area contributed by atoms with Crippen molar-refractivity contribution in [1.82, 2.24) is 9.97 Å². The van der Waals surface area contributed by atoms with Crippen molar-refractivity contribution in [3.8, 4) is 0 Å². The molecule has 3 N–H and O–H groups in total. The fourth-order valence-electron chi connectivity index (χ4n) is 2.21. The van der Waals surface area contributed by atoms with Gasteiger partial charge in [-0.05, 0) is 19.8 Å². The molecule has 0 aliphatic heterocycles. The van der Waals surface area contributed by atoms with Crippen LogP contribution in [0.5, 0.6) is 0 Å². The molecule has 15 heavy (non-hydrogen) atoms. The van der Waals surface area contributed by atoms with E-state index < -0.39 is 0 Å². The highest BCUT2D eigenvalue weighted by molar-refractivity contribution is 5.40. The van der Waals surface area contributed by atoms with Crippen LogP contribution in [0, 0.1) is 0 Å². The lowest BCUT2D eigenvalue weighted by Gasteiger charge is -2.34. The van der Waals surface area contributed by atoms with Crippen molar-refractivity contribution in [3.05, 3.63) is 12.4 Å². The lowest BCUT2D eigenvalue weighted by molar-refractivity contribution is 0.348. The Kier molecular flexibility index (Phi) is 2.75. The monoisotopic (exact) mass is 206 g/mol. The van der Waals surface area contributed by atoms with E-state index in [4.69, 9.17) is 5.73 Å². The zero-order chi connectivity index (χ0) is 10.7. The lowest BCUT2D eigenvalue weighted by atomic mass is 9.83. The molecule has 4 heteroatoms. The molecule has 1 aliphatic carbocycles. The number of hydrogen-bond acceptors (Lipinski definition) is 4. The smallest absolute Gasteiger partial charge is 0.147 e. The molecule has 0 radical (unpaired) electrons. The number of aromatic nitrogens is 2. The van der Waals surface area contributed by atoms with Crippen LogP contribution in [-0.2, 0) is 0 Å². The predicted molar refractivity (Wildman–Crippen MR) is 61.6 cm³/mol. The Bertz CT molecular complexity index is 331. The number of nitrogens with two attached hydrogens (primary N) is 1. The molecule has 82 valence electrons. The summed E-state index contributed by atoms with van der Waals surface area (Å²) < 4.78 is 0. The maximum absolute atomic E-state index is 5.59. The third kappa shape index (κ3) is 2.58. The van der Waals surface area contributed by atoms with Gasteiger partial charge < -0.3 is 11.1 Å². The molecule has 1 aromatic heterocycles. The highest BCUT2D eigenvalue weighted by atomic mass is 15.1. The number of rotatable bonds is 2. The zero-order valence-corrected chi connectivity index (χ0v) is 9.16. The van der Waals surface area contributed by atoms with Crippen molar-refractivity contribution in [1.29, 1.82) is 0 Å². The van der Waals surface area contributed by atoms with Gasteiger partial charge in [-0.1, -0.05) is 19.3 Å². The molecule has 0 atom stereocenters. The van der Waals surface area contributed by atoms with Gasteiger partial charge in [-0.2, -0.15) is 0 Å². The van der Waals surface area contributed by atoms with Crippen LogP contribution in [0.1, 0.15) is 39.0 Å². The number of hydrogen-bond donors (Lipinski definition) is 2. The van der Waals surface area contributed by atoms with Gasteiger partial charge in [0.15, 0.2) is 0 Å². The summed E-state index contributed by atoms with van der Waals surface area (Å²) in [6, 6.07) is 0. The Labute approximate surface area is 90.3 Å². The van der Waals surface area contributed by atoms with Crippen LogP contribution in [0.4, 0.5) is 11.6 Å². The minimum absolute atomic E-state index is 0.167. The molecule has 0 amide bonds. The summed E-state index contributed by atoms with van der Waals surface area (Å²) in [6.07, 6.45) is 9.62. The summed E-state index contributed by atoms with van der Waals surface area (Å²) >= 11 is 0. The highest BCUT2D eigenvalue weighted by Gasteiger charge is 2.26. The van der Waals surface area contributed by atoms with Gasteiger partial charge in [0.1, 0.15) is 11.6 Å². The van der Waals surface area contributed by atoms with Crippen LogP contribution in [0.25, 0.3) is 0 Å². The zero-order valence-electron chi connectivity index (χ0n) is 9.16. The molecule has 0 bridgehead atoms. The van der Waals surface area contributed by atoms with E-state index in [9.17, 15) is 0 Å². The molecule has 1 aliphatic rings. The summed E-state index contributed by atoms with van der Waals surface area (Å²) in [4.78, 5) is 8.25. The van der Waals surface area contributed by atoms with E-state index in [0.29, 0.717) is 5.82 Å². The Morgan fingerprint density at radius 2 is 2.00 bits per heavy atom. The number of nitrogens with one attached hydrogen (secondary N) is 1. The third-order valence-electron chi connectivity index (χ3n) is 3.04. The molecule has 1 aromatic rings. The maximum Gasteiger partial charge on any atom is 0.147 e. The lowest BCUT2D eigenvalue weighted by Crippen LogP contribution is -2.37. The summed E-state index contributed by atoms with van der Waals surface area (Å²) in [5.74, 6) is 1.26. The quantitative estimate of drug-likeness (QED) is 0.778. The van der Waals surface area contributed by atoms with Gasteiger partial charge in [-0.15, -0.1) is 0 Å². The van der Waals surface area contributed by atoms with Crippen molar-refractivity contribution in [2.75, 3.05) is 11.1 Å². The Morgan fingerprint density at radius 1 is 1.27 bits per heavy atom. The largest absolute Gasteiger partial charge is 0.382 e. The number of nitrogen functional groups attached to an aromatic ring is 1. The van der Waals surface area contributed by atoms with Gasteiger partial charge in [-0.25, -0.2) is 4.98 Å². The second-order valence-corrected chi connectivity index (χ2v) is 4.58. The summed E-state index contributed by atoms with van der Waals surface area (Å²) in [6.45, 7) is 2.25. The molecule has 4 nitrogen and oxygen atoms in total. The van der Waals surface area contributed by atoms with Crippen molar-refractivity contribution >= 4 is 11.6 Å². The first kappa shape index (κ1) is 10.2. The average Bonchev–Trinajstić information content (AvgIpc) is 2.18. The second-order valence-electron chi connectivity index (χ2n) is 4.58. The summed E-state index contributed by atoms with van der Waals surface area (Å²) in [5, 5.41) is 3.44. The van der Waals surface area contributed by atoms with Crippen LogP contribution in [-0.4, -0.2) is 15.5 Å². The highest BCUT2D eigenvalue weighted by Crippen LogP contribution is 2.30. The van der Waals surface area contributed by atoms with Gasteiger partial charge in [0.2, 0.25) is 0 Å². The van der Waals surface area contributed by atoms with Crippen LogP contribution in [0.2, 0.25) is 0 Å². The van der Waals surface area contributed by atoms with Gasteiger partial charge in [0, 0.05) is 5.54 Å². The average molecular weight is 206 g/mol. The van der Waals surface area contributed by atoms with Crippen molar-refractivity contribution < 1.29 is 0 Å². The number of nitrogens with zero attached hydrogens (tertiary/aromatic N) is 2. The van der Waals surface area contributed by atoms with E-state index in [-0.39, 0.29) is 5.54 Å². The maximum atomic E-state index is 5.59. The predicted octanol–water partition coefficient (Wildman–Crippen LogP) is 2.19. The summed E-state index contributed by atoms with van der Waals surface area (Å²) in [5.41, 5.74) is 5.76. The molecule has 0 spiro atoms. The number of anilines is 2. The van der Waals surface area contributed by atoms with Crippen LogP contribution in [0.15, 0.2) is 12.4 Å². The fourth-order valence-corrected chi connectivity index (χ4v) is 2.21. The van der Waals surface area contributed by atoms with E-state index >= 15 is 0 Å². The van der Waals surface area contributed by atoms with Gasteiger partial charge in [0.05, 0.1) is 12.4 Å². The Balaban J connectivity index is 2.06. The molecule has 0 saturated heterocycles. The van der Waals surface area contributed by atoms with Crippen molar-refractivity contribution in [3.63, 3.8) is 0 Å². The van der Waals surface area contributed by atoms with Gasteiger partial charge in [-0.3, -0.25) is 4.98 Å². The molecule has 0 unspecified atom stereocenters. The Morgan fingerprint density at radius 3 is 2.67 bits per heavy atom. The molecule has 1 saturated carbocycles. The topological polar surface area (TPSA) is 63.8 Å². The minimum Gasteiger partial charge on any atom is -0.382 e. The standard InChI is InChI=1S/C11H18N4/c1-11(5-3-2-4-6-11)15-10-8-13-7-9(12)14-10/h7-8H,2-6H2,1H3,(H3,12,14,15). The summed E-state index contributed by atoms with van der Waals surface area (Å²) in [7, 11) is 0. The SMILES string of the molecule is CC1(Nc2cncc(N)n2)CCCCC1. The van der Waals surface area contributed by atoms with Gasteiger partial charge >= 0.3 is 0 Å². The first-order valence-corrected chi connectivity index (χ1v) is 5.54. The van der Waals surface area contributed by atoms with Crippen LogP contribution in [0.3, 0.4) is 0 Å². The first-order valence-electron chi connectivity index (χ1n) is 5.54. The second kappa shape index (κ2) is 4.04. The molecule has 1 fully saturated rings. The van der Waals surface area contributed by atoms with Crippen molar-refractivity contribution in [2.24, 2.45) is 0 Å². The van der Waals surface area contributed by atoms with E-state index in [2.05, 4.69) is 22.2 Å². The van der Waals surface area contributed by atoms with Crippen LogP contribution < -0.4 is 11.1 Å². The fraction of sp³-hybridized carbons (Fsp3) is 0.636. The first-order chi connectivity index (χ1) is 7.18.